The average Bonchev–Trinajstić information content (AvgIpc) is 3.29. The van der Waals surface area contributed by atoms with Crippen molar-refractivity contribution in [2.45, 2.75) is 50.8 Å². The van der Waals surface area contributed by atoms with E-state index in [1.165, 1.54) is 12.8 Å². The molecule has 2 saturated carbocycles. The van der Waals surface area contributed by atoms with Crippen molar-refractivity contribution in [1.29, 1.82) is 0 Å². The number of hydrogen-bond donors (Lipinski definition) is 3. The molecule has 0 aromatic heterocycles. The van der Waals surface area contributed by atoms with Crippen LogP contribution in [0.1, 0.15) is 37.7 Å². The molecule has 0 bridgehead atoms. The van der Waals surface area contributed by atoms with Crippen molar-refractivity contribution in [1.82, 2.24) is 10.6 Å². The second kappa shape index (κ2) is 7.32. The molecule has 0 radical (unpaired) electrons. The van der Waals surface area contributed by atoms with Crippen LogP contribution in [-0.4, -0.2) is 36.4 Å². The standard InChI is InChI=1S/C18H26N2O3/c21-9-8-18(6-7-18)13-19-15-10-16(11-15)20-17(22)23-12-14-4-2-1-3-5-14/h1-5,15-16,19,21H,6-13H2,(H,20,22). The Morgan fingerprint density at radius 3 is 2.61 bits per heavy atom. The first kappa shape index (κ1) is 16.3. The van der Waals surface area contributed by atoms with Crippen molar-refractivity contribution in [2.24, 2.45) is 5.41 Å². The molecule has 2 aliphatic rings. The molecule has 0 heterocycles. The molecule has 3 N–H and O–H groups in total. The van der Waals surface area contributed by atoms with E-state index in [1.807, 2.05) is 30.3 Å². The van der Waals surface area contributed by atoms with E-state index in [2.05, 4.69) is 10.6 Å². The van der Waals surface area contributed by atoms with Gasteiger partial charge in [-0.15, -0.1) is 0 Å². The summed E-state index contributed by atoms with van der Waals surface area (Å²) in [4.78, 5) is 11.8. The van der Waals surface area contributed by atoms with Gasteiger partial charge in [0.1, 0.15) is 6.61 Å². The molecule has 0 unspecified atom stereocenters. The average molecular weight is 318 g/mol. The zero-order chi connectivity index (χ0) is 16.1. The Morgan fingerprint density at radius 2 is 1.96 bits per heavy atom. The number of hydrogen-bond acceptors (Lipinski definition) is 4. The Hall–Kier alpha value is -1.59. The third-order valence-electron chi connectivity index (χ3n) is 5.04. The highest BCUT2D eigenvalue weighted by molar-refractivity contribution is 5.67. The summed E-state index contributed by atoms with van der Waals surface area (Å²) in [7, 11) is 0. The summed E-state index contributed by atoms with van der Waals surface area (Å²) in [6.45, 7) is 1.58. The summed E-state index contributed by atoms with van der Waals surface area (Å²) in [5.41, 5.74) is 1.34. The van der Waals surface area contributed by atoms with E-state index < -0.39 is 0 Å². The first-order chi connectivity index (χ1) is 11.2. The lowest BCUT2D eigenvalue weighted by Crippen LogP contribution is -2.53. The van der Waals surface area contributed by atoms with Crippen LogP contribution in [0.5, 0.6) is 0 Å². The van der Waals surface area contributed by atoms with E-state index >= 15 is 0 Å². The zero-order valence-corrected chi connectivity index (χ0v) is 13.5. The number of ether oxygens (including phenoxy) is 1. The second-order valence-electron chi connectivity index (χ2n) is 6.93. The maximum absolute atomic E-state index is 11.8. The van der Waals surface area contributed by atoms with E-state index in [1.54, 1.807) is 0 Å². The third-order valence-corrected chi connectivity index (χ3v) is 5.04. The van der Waals surface area contributed by atoms with Gasteiger partial charge in [-0.3, -0.25) is 0 Å². The number of amides is 1. The van der Waals surface area contributed by atoms with Gasteiger partial charge >= 0.3 is 6.09 Å². The van der Waals surface area contributed by atoms with Crippen molar-refractivity contribution in [3.8, 4) is 0 Å². The third kappa shape index (κ3) is 4.69. The molecule has 126 valence electrons. The van der Waals surface area contributed by atoms with Gasteiger partial charge in [0.05, 0.1) is 0 Å². The van der Waals surface area contributed by atoms with Gasteiger partial charge in [-0.25, -0.2) is 4.79 Å². The van der Waals surface area contributed by atoms with Crippen LogP contribution in [-0.2, 0) is 11.3 Å². The molecule has 1 amide bonds. The van der Waals surface area contributed by atoms with Gasteiger partial charge in [-0.2, -0.15) is 0 Å². The van der Waals surface area contributed by atoms with Crippen molar-refractivity contribution in [2.75, 3.05) is 13.2 Å². The fraction of sp³-hybridized carbons (Fsp3) is 0.611. The van der Waals surface area contributed by atoms with Crippen LogP contribution >= 0.6 is 0 Å². The lowest BCUT2D eigenvalue weighted by atomic mass is 9.86. The summed E-state index contributed by atoms with van der Waals surface area (Å²) in [5.74, 6) is 0. The molecule has 3 rings (SSSR count). The number of aliphatic hydroxyl groups is 1. The predicted octanol–water partition coefficient (Wildman–Crippen LogP) is 2.20. The molecule has 0 saturated heterocycles. The van der Waals surface area contributed by atoms with Gasteiger partial charge in [-0.1, -0.05) is 30.3 Å². The van der Waals surface area contributed by atoms with Gasteiger partial charge in [0, 0.05) is 25.2 Å². The van der Waals surface area contributed by atoms with Crippen molar-refractivity contribution < 1.29 is 14.6 Å². The van der Waals surface area contributed by atoms with Crippen LogP contribution in [0.3, 0.4) is 0 Å². The molecule has 2 fully saturated rings. The summed E-state index contributed by atoms with van der Waals surface area (Å²) in [5, 5.41) is 15.5. The van der Waals surface area contributed by atoms with Crippen molar-refractivity contribution in [3.63, 3.8) is 0 Å². The number of carbonyl (C=O) groups excluding carboxylic acids is 1. The molecular weight excluding hydrogens is 292 g/mol. The van der Waals surface area contributed by atoms with Crippen LogP contribution in [0.2, 0.25) is 0 Å². The Bertz CT molecular complexity index is 510. The minimum absolute atomic E-state index is 0.212. The summed E-state index contributed by atoms with van der Waals surface area (Å²) >= 11 is 0. The maximum atomic E-state index is 11.8. The van der Waals surface area contributed by atoms with Crippen LogP contribution in [0, 0.1) is 5.41 Å². The molecule has 5 heteroatoms. The fourth-order valence-electron chi connectivity index (χ4n) is 3.12. The monoisotopic (exact) mass is 318 g/mol. The summed E-state index contributed by atoms with van der Waals surface area (Å²) in [6.07, 6.45) is 4.92. The van der Waals surface area contributed by atoms with Crippen LogP contribution in [0.4, 0.5) is 4.79 Å². The topological polar surface area (TPSA) is 70.6 Å². The van der Waals surface area contributed by atoms with E-state index in [-0.39, 0.29) is 18.7 Å². The Kier molecular flexibility index (Phi) is 5.18. The second-order valence-corrected chi connectivity index (χ2v) is 6.93. The minimum Gasteiger partial charge on any atom is -0.445 e. The fourth-order valence-corrected chi connectivity index (χ4v) is 3.12. The van der Waals surface area contributed by atoms with Gasteiger partial charge < -0.3 is 20.5 Å². The van der Waals surface area contributed by atoms with Gasteiger partial charge in [0.2, 0.25) is 0 Å². The molecule has 0 aliphatic heterocycles. The van der Waals surface area contributed by atoms with Gasteiger partial charge in [0.25, 0.3) is 0 Å². The lowest BCUT2D eigenvalue weighted by molar-refractivity contribution is 0.124. The molecule has 2 aliphatic carbocycles. The largest absolute Gasteiger partial charge is 0.445 e. The minimum atomic E-state index is -0.337. The normalized spacial score (nSPS) is 24.6. The zero-order valence-electron chi connectivity index (χ0n) is 13.5. The van der Waals surface area contributed by atoms with Crippen molar-refractivity contribution >= 4 is 6.09 Å². The number of benzene rings is 1. The number of carbonyl (C=O) groups is 1. The van der Waals surface area contributed by atoms with E-state index in [0.717, 1.165) is 31.4 Å². The Morgan fingerprint density at radius 1 is 1.22 bits per heavy atom. The molecular formula is C18H26N2O3. The maximum Gasteiger partial charge on any atom is 0.407 e. The smallest absolute Gasteiger partial charge is 0.407 e. The quantitative estimate of drug-likeness (QED) is 0.687. The van der Waals surface area contributed by atoms with E-state index in [9.17, 15) is 4.79 Å². The predicted molar refractivity (Wildman–Crippen MR) is 87.9 cm³/mol. The number of alkyl carbamates (subject to hydrolysis) is 1. The number of aliphatic hydroxyl groups excluding tert-OH is 1. The Balaban J connectivity index is 1.27. The molecule has 0 spiro atoms. The Labute approximate surface area is 137 Å². The highest BCUT2D eigenvalue weighted by Crippen LogP contribution is 2.48. The molecule has 23 heavy (non-hydrogen) atoms. The number of nitrogens with one attached hydrogen (secondary N) is 2. The van der Waals surface area contributed by atoms with E-state index in [0.29, 0.717) is 18.1 Å². The van der Waals surface area contributed by atoms with Gasteiger partial charge in [-0.05, 0) is 43.1 Å². The van der Waals surface area contributed by atoms with Crippen LogP contribution in [0.25, 0.3) is 0 Å². The van der Waals surface area contributed by atoms with E-state index in [4.69, 9.17) is 9.84 Å². The van der Waals surface area contributed by atoms with Crippen LogP contribution in [0.15, 0.2) is 30.3 Å². The summed E-state index contributed by atoms with van der Waals surface area (Å²) in [6, 6.07) is 10.4. The highest BCUT2D eigenvalue weighted by Gasteiger charge is 2.42. The number of rotatable bonds is 8. The molecule has 5 nitrogen and oxygen atoms in total. The molecule has 1 aromatic carbocycles. The van der Waals surface area contributed by atoms with Crippen molar-refractivity contribution in [3.05, 3.63) is 35.9 Å². The highest BCUT2D eigenvalue weighted by atomic mass is 16.5. The lowest BCUT2D eigenvalue weighted by Gasteiger charge is -2.37. The SMILES string of the molecule is O=C(NC1CC(NCC2(CCO)CC2)C1)OCc1ccccc1. The van der Waals surface area contributed by atoms with Crippen LogP contribution < -0.4 is 10.6 Å². The first-order valence-corrected chi connectivity index (χ1v) is 8.51. The molecule has 1 aromatic rings. The summed E-state index contributed by atoms with van der Waals surface area (Å²) < 4.78 is 5.23. The molecule has 0 atom stereocenters. The first-order valence-electron chi connectivity index (χ1n) is 8.51. The van der Waals surface area contributed by atoms with Gasteiger partial charge in [0.15, 0.2) is 0 Å².